The first-order valence-electron chi connectivity index (χ1n) is 9.02. The van der Waals surface area contributed by atoms with Crippen LogP contribution in [0.4, 0.5) is 5.69 Å². The maximum atomic E-state index is 12.8. The first-order valence-corrected chi connectivity index (χ1v) is 9.90. The fraction of sp³-hybridized carbons (Fsp3) is 0.400. The summed E-state index contributed by atoms with van der Waals surface area (Å²) in [5, 5.41) is 7.70. The summed E-state index contributed by atoms with van der Waals surface area (Å²) in [7, 11) is 0. The SMILES string of the molecule is CC(C)(CNC(=O)c1ccccc1NC(=O)c1cccs1)N1CCOCC1. The van der Waals surface area contributed by atoms with Crippen molar-refractivity contribution >= 4 is 28.8 Å². The molecule has 7 heteroatoms. The van der Waals surface area contributed by atoms with E-state index in [1.165, 1.54) is 11.3 Å². The third kappa shape index (κ3) is 4.94. The van der Waals surface area contributed by atoms with Crippen molar-refractivity contribution in [1.29, 1.82) is 0 Å². The zero-order valence-corrected chi connectivity index (χ0v) is 16.5. The minimum Gasteiger partial charge on any atom is -0.379 e. The highest BCUT2D eigenvalue weighted by Crippen LogP contribution is 2.19. The van der Waals surface area contributed by atoms with Crippen molar-refractivity contribution in [3.05, 3.63) is 52.2 Å². The van der Waals surface area contributed by atoms with E-state index in [-0.39, 0.29) is 17.4 Å². The Kier molecular flexibility index (Phi) is 6.26. The van der Waals surface area contributed by atoms with E-state index in [0.717, 1.165) is 26.3 Å². The smallest absolute Gasteiger partial charge is 0.265 e. The second kappa shape index (κ2) is 8.65. The first-order chi connectivity index (χ1) is 13.0. The number of nitrogens with zero attached hydrogens (tertiary/aromatic N) is 1. The second-order valence-electron chi connectivity index (χ2n) is 7.07. The summed E-state index contributed by atoms with van der Waals surface area (Å²) in [4.78, 5) is 28.0. The average molecular weight is 388 g/mol. The number of carbonyl (C=O) groups is 2. The predicted molar refractivity (Wildman–Crippen MR) is 108 cm³/mol. The minimum atomic E-state index is -0.209. The standard InChI is InChI=1S/C20H25N3O3S/c1-20(2,23-9-11-26-12-10-23)14-21-18(24)15-6-3-4-7-16(15)22-19(25)17-8-5-13-27-17/h3-8,13H,9-12,14H2,1-2H3,(H,21,24)(H,22,25). The van der Waals surface area contributed by atoms with Crippen LogP contribution < -0.4 is 10.6 Å². The molecule has 27 heavy (non-hydrogen) atoms. The Labute approximate surface area is 163 Å². The van der Waals surface area contributed by atoms with Gasteiger partial charge in [-0.2, -0.15) is 0 Å². The molecule has 1 aromatic heterocycles. The molecule has 2 heterocycles. The van der Waals surface area contributed by atoms with E-state index in [9.17, 15) is 9.59 Å². The molecule has 0 radical (unpaired) electrons. The Hall–Kier alpha value is -2.22. The number of carbonyl (C=O) groups excluding carboxylic acids is 2. The number of hydrogen-bond acceptors (Lipinski definition) is 5. The quantitative estimate of drug-likeness (QED) is 0.800. The van der Waals surface area contributed by atoms with Crippen LogP contribution in [0.25, 0.3) is 0 Å². The molecule has 2 amide bonds. The lowest BCUT2D eigenvalue weighted by atomic mass is 10.0. The molecule has 1 saturated heterocycles. The van der Waals surface area contributed by atoms with Crippen molar-refractivity contribution in [3.63, 3.8) is 0 Å². The number of rotatable bonds is 6. The normalized spacial score (nSPS) is 15.3. The van der Waals surface area contributed by atoms with Crippen LogP contribution >= 0.6 is 11.3 Å². The van der Waals surface area contributed by atoms with Crippen LogP contribution in [0.15, 0.2) is 41.8 Å². The van der Waals surface area contributed by atoms with Crippen LogP contribution in [0.5, 0.6) is 0 Å². The fourth-order valence-corrected chi connectivity index (χ4v) is 3.67. The summed E-state index contributed by atoms with van der Waals surface area (Å²) in [6.07, 6.45) is 0. The van der Waals surface area contributed by atoms with Gasteiger partial charge in [0.2, 0.25) is 0 Å². The Morgan fingerprint density at radius 2 is 1.85 bits per heavy atom. The van der Waals surface area contributed by atoms with Gasteiger partial charge in [-0.1, -0.05) is 18.2 Å². The van der Waals surface area contributed by atoms with Crippen molar-refractivity contribution < 1.29 is 14.3 Å². The summed E-state index contributed by atoms with van der Waals surface area (Å²) in [5.41, 5.74) is 0.798. The van der Waals surface area contributed by atoms with Gasteiger partial charge >= 0.3 is 0 Å². The Morgan fingerprint density at radius 3 is 2.56 bits per heavy atom. The lowest BCUT2D eigenvalue weighted by Gasteiger charge is -2.40. The molecule has 3 rings (SSSR count). The zero-order valence-electron chi connectivity index (χ0n) is 15.7. The Balaban J connectivity index is 1.65. The monoisotopic (exact) mass is 387 g/mol. The molecule has 1 aliphatic heterocycles. The number of para-hydroxylation sites is 1. The van der Waals surface area contributed by atoms with Crippen LogP contribution in [0, 0.1) is 0 Å². The van der Waals surface area contributed by atoms with Gasteiger partial charge in [-0.05, 0) is 37.4 Å². The van der Waals surface area contributed by atoms with Gasteiger partial charge < -0.3 is 15.4 Å². The lowest BCUT2D eigenvalue weighted by Crippen LogP contribution is -2.55. The third-order valence-electron chi connectivity index (χ3n) is 4.71. The van der Waals surface area contributed by atoms with Crippen molar-refractivity contribution in [3.8, 4) is 0 Å². The molecule has 1 fully saturated rings. The number of morpholine rings is 1. The lowest BCUT2D eigenvalue weighted by molar-refractivity contribution is -0.00923. The maximum Gasteiger partial charge on any atom is 0.265 e. The van der Waals surface area contributed by atoms with Crippen LogP contribution in [-0.4, -0.2) is 55.1 Å². The van der Waals surface area contributed by atoms with Crippen molar-refractivity contribution in [2.75, 3.05) is 38.2 Å². The topological polar surface area (TPSA) is 70.7 Å². The van der Waals surface area contributed by atoms with E-state index in [0.29, 0.717) is 22.7 Å². The summed E-state index contributed by atoms with van der Waals surface area (Å²) < 4.78 is 5.40. The van der Waals surface area contributed by atoms with Gasteiger partial charge in [0.05, 0.1) is 29.3 Å². The van der Waals surface area contributed by atoms with Gasteiger partial charge in [0.15, 0.2) is 0 Å². The molecule has 1 aliphatic rings. The predicted octanol–water partition coefficient (Wildman–Crippen LogP) is 2.84. The zero-order chi connectivity index (χ0) is 19.3. The van der Waals surface area contributed by atoms with Crippen molar-refractivity contribution in [2.45, 2.75) is 19.4 Å². The molecular formula is C20H25N3O3S. The highest BCUT2D eigenvalue weighted by molar-refractivity contribution is 7.12. The summed E-state index contributed by atoms with van der Waals surface area (Å²) in [6, 6.07) is 10.6. The number of benzene rings is 1. The first kappa shape index (κ1) is 19.5. The molecule has 6 nitrogen and oxygen atoms in total. The van der Waals surface area contributed by atoms with Crippen molar-refractivity contribution in [1.82, 2.24) is 10.2 Å². The highest BCUT2D eigenvalue weighted by atomic mass is 32.1. The van der Waals surface area contributed by atoms with Crippen LogP contribution in [0.3, 0.4) is 0 Å². The van der Waals surface area contributed by atoms with E-state index in [1.807, 2.05) is 11.4 Å². The maximum absolute atomic E-state index is 12.8. The van der Waals surface area contributed by atoms with Gasteiger partial charge in [-0.25, -0.2) is 0 Å². The van der Waals surface area contributed by atoms with E-state index >= 15 is 0 Å². The summed E-state index contributed by atoms with van der Waals surface area (Å²) >= 11 is 1.37. The Bertz CT molecular complexity index is 784. The van der Waals surface area contributed by atoms with Gasteiger partial charge in [0.25, 0.3) is 11.8 Å². The van der Waals surface area contributed by atoms with Crippen LogP contribution in [0.1, 0.15) is 33.9 Å². The van der Waals surface area contributed by atoms with E-state index in [1.54, 1.807) is 30.3 Å². The molecule has 144 valence electrons. The van der Waals surface area contributed by atoms with E-state index in [4.69, 9.17) is 4.74 Å². The molecular weight excluding hydrogens is 362 g/mol. The van der Waals surface area contributed by atoms with Gasteiger partial charge in [0, 0.05) is 25.2 Å². The second-order valence-corrected chi connectivity index (χ2v) is 8.02. The highest BCUT2D eigenvalue weighted by Gasteiger charge is 2.29. The molecule has 0 saturated carbocycles. The fourth-order valence-electron chi connectivity index (χ4n) is 3.05. The molecule has 0 spiro atoms. The number of anilines is 1. The van der Waals surface area contributed by atoms with E-state index in [2.05, 4.69) is 29.4 Å². The van der Waals surface area contributed by atoms with E-state index < -0.39 is 0 Å². The molecule has 0 unspecified atom stereocenters. The molecule has 0 bridgehead atoms. The Morgan fingerprint density at radius 1 is 1.11 bits per heavy atom. The molecule has 2 N–H and O–H groups in total. The number of nitrogens with one attached hydrogen (secondary N) is 2. The molecule has 2 aromatic rings. The van der Waals surface area contributed by atoms with Crippen LogP contribution in [0.2, 0.25) is 0 Å². The number of ether oxygens (including phenoxy) is 1. The van der Waals surface area contributed by atoms with Crippen LogP contribution in [-0.2, 0) is 4.74 Å². The van der Waals surface area contributed by atoms with Gasteiger partial charge in [-0.3, -0.25) is 14.5 Å². The average Bonchev–Trinajstić information content (AvgIpc) is 3.22. The van der Waals surface area contributed by atoms with Gasteiger partial charge in [0.1, 0.15) is 0 Å². The third-order valence-corrected chi connectivity index (χ3v) is 5.58. The summed E-state index contributed by atoms with van der Waals surface area (Å²) in [6.45, 7) is 7.89. The van der Waals surface area contributed by atoms with Crippen molar-refractivity contribution in [2.24, 2.45) is 0 Å². The van der Waals surface area contributed by atoms with Gasteiger partial charge in [-0.15, -0.1) is 11.3 Å². The minimum absolute atomic E-state index is 0.172. The molecule has 0 atom stereocenters. The largest absolute Gasteiger partial charge is 0.379 e. The number of thiophene rings is 1. The number of hydrogen-bond donors (Lipinski definition) is 2. The molecule has 0 aliphatic carbocycles. The number of amides is 2. The molecule has 1 aromatic carbocycles. The summed E-state index contributed by atoms with van der Waals surface area (Å²) in [5.74, 6) is -0.405.